The maximum absolute atomic E-state index is 7.31. The summed E-state index contributed by atoms with van der Waals surface area (Å²) in [5.41, 5.74) is 10.9. The molecule has 0 atom stereocenters. The van der Waals surface area contributed by atoms with Crippen LogP contribution in [0.25, 0.3) is 10.9 Å². The molecule has 7 nitrogen and oxygen atoms in total. The minimum atomic E-state index is 0.497. The highest BCUT2D eigenvalue weighted by molar-refractivity contribution is 5.88. The molecular weight excluding hydrogens is 328 g/mol. The van der Waals surface area contributed by atoms with Crippen LogP contribution in [0.5, 0.6) is 0 Å². The number of hydrogen-bond donors (Lipinski definition) is 4. The van der Waals surface area contributed by atoms with Crippen molar-refractivity contribution in [2.24, 2.45) is 0 Å². The smallest absolute Gasteiger partial charge is 0.227 e. The van der Waals surface area contributed by atoms with Crippen LogP contribution >= 0.6 is 0 Å². The third-order valence-corrected chi connectivity index (χ3v) is 4.13. The molecule has 2 aromatic carbocycles. The first-order valence-corrected chi connectivity index (χ1v) is 8.28. The van der Waals surface area contributed by atoms with Crippen molar-refractivity contribution >= 4 is 40.1 Å². The van der Waals surface area contributed by atoms with Gasteiger partial charge in [0, 0.05) is 54.1 Å². The molecule has 7 heteroatoms. The third kappa shape index (κ3) is 3.73. The zero-order valence-corrected chi connectivity index (χ0v) is 14.8. The van der Waals surface area contributed by atoms with Gasteiger partial charge in [-0.1, -0.05) is 0 Å². The Labute approximate surface area is 152 Å². The second kappa shape index (κ2) is 7.79. The van der Waals surface area contributed by atoms with E-state index in [4.69, 9.17) is 15.9 Å². The number of nitrogens with one attached hydrogen (secondary N) is 3. The van der Waals surface area contributed by atoms with Crippen LogP contribution in [-0.2, 0) is 4.74 Å². The van der Waals surface area contributed by atoms with Crippen molar-refractivity contribution in [3.63, 3.8) is 0 Å². The molecule has 0 radical (unpaired) electrons. The molecule has 0 fully saturated rings. The van der Waals surface area contributed by atoms with Crippen molar-refractivity contribution < 1.29 is 4.74 Å². The van der Waals surface area contributed by atoms with Gasteiger partial charge in [0.05, 0.1) is 12.1 Å². The van der Waals surface area contributed by atoms with Crippen LogP contribution in [0, 0.1) is 12.3 Å². The fourth-order valence-corrected chi connectivity index (χ4v) is 2.69. The largest absolute Gasteiger partial charge is 0.398 e. The Morgan fingerprint density at radius 1 is 1.27 bits per heavy atom. The monoisotopic (exact) mass is 350 g/mol. The van der Waals surface area contributed by atoms with E-state index >= 15 is 0 Å². The Kier molecular flexibility index (Phi) is 5.28. The van der Waals surface area contributed by atoms with Crippen LogP contribution in [0.1, 0.15) is 11.1 Å². The summed E-state index contributed by atoms with van der Waals surface area (Å²) in [6.07, 6.45) is 3.03. The molecule has 3 rings (SSSR count). The first-order chi connectivity index (χ1) is 12.6. The lowest BCUT2D eigenvalue weighted by atomic mass is 10.1. The van der Waals surface area contributed by atoms with Gasteiger partial charge >= 0.3 is 0 Å². The minimum Gasteiger partial charge on any atom is -0.398 e. The topological polar surface area (TPSA) is 109 Å². The highest BCUT2D eigenvalue weighted by atomic mass is 16.5. The van der Waals surface area contributed by atoms with E-state index < -0.39 is 0 Å². The van der Waals surface area contributed by atoms with E-state index in [1.807, 2.05) is 25.1 Å². The van der Waals surface area contributed by atoms with Gasteiger partial charge in [-0.15, -0.1) is 0 Å². The molecule has 0 saturated carbocycles. The fraction of sp³-hybridized carbons (Fsp3) is 0.211. The summed E-state index contributed by atoms with van der Waals surface area (Å²) < 4.78 is 5.08. The molecular formula is C19H22N6O. The number of ether oxygens (including phenoxy) is 1. The van der Waals surface area contributed by atoms with E-state index in [-0.39, 0.29) is 0 Å². The molecule has 0 amide bonds. The number of methoxy groups -OCH3 is 1. The molecule has 0 spiro atoms. The van der Waals surface area contributed by atoms with Crippen LogP contribution < -0.4 is 16.4 Å². The summed E-state index contributed by atoms with van der Waals surface area (Å²) in [5.74, 6) is 0.497. The lowest BCUT2D eigenvalue weighted by Crippen LogP contribution is -2.09. The Balaban J connectivity index is 1.88. The summed E-state index contributed by atoms with van der Waals surface area (Å²) in [7, 11) is 1.68. The standard InChI is InChI=1S/C19H22N6O/c1-12-17(22-7-8-26-2)6-4-14-11-23-19(25-18(12)14)24-15-5-3-13(10-20)16(21)9-15/h3-6,9-11,20,22H,7-8,21H2,1-2H3,(H,23,24,25). The van der Waals surface area contributed by atoms with Crippen molar-refractivity contribution in [2.75, 3.05) is 36.6 Å². The number of nitrogen functional groups attached to an aromatic ring is 1. The normalized spacial score (nSPS) is 10.7. The van der Waals surface area contributed by atoms with Crippen molar-refractivity contribution in [2.45, 2.75) is 6.92 Å². The summed E-state index contributed by atoms with van der Waals surface area (Å²) in [6, 6.07) is 9.43. The molecule has 0 aliphatic carbocycles. The maximum atomic E-state index is 7.31. The van der Waals surface area contributed by atoms with Crippen LogP contribution in [-0.4, -0.2) is 36.4 Å². The van der Waals surface area contributed by atoms with Crippen LogP contribution in [0.4, 0.5) is 23.0 Å². The summed E-state index contributed by atoms with van der Waals surface area (Å²) >= 11 is 0. The molecule has 3 aromatic rings. The molecule has 0 unspecified atom stereocenters. The number of benzene rings is 2. The zero-order chi connectivity index (χ0) is 18.5. The first-order valence-electron chi connectivity index (χ1n) is 8.28. The molecule has 0 bridgehead atoms. The second-order valence-corrected chi connectivity index (χ2v) is 5.90. The number of fused-ring (bicyclic) bond motifs is 1. The number of rotatable bonds is 7. The maximum Gasteiger partial charge on any atom is 0.227 e. The lowest BCUT2D eigenvalue weighted by molar-refractivity contribution is 0.211. The van der Waals surface area contributed by atoms with Crippen molar-refractivity contribution in [3.8, 4) is 0 Å². The van der Waals surface area contributed by atoms with E-state index in [2.05, 4.69) is 20.6 Å². The number of anilines is 4. The number of aryl methyl sites for hydroxylation is 1. The zero-order valence-electron chi connectivity index (χ0n) is 14.8. The van der Waals surface area contributed by atoms with Gasteiger partial charge in [-0.2, -0.15) is 0 Å². The van der Waals surface area contributed by atoms with Crippen molar-refractivity contribution in [3.05, 3.63) is 47.7 Å². The number of nitrogens with two attached hydrogens (primary N) is 1. The van der Waals surface area contributed by atoms with E-state index in [9.17, 15) is 0 Å². The molecule has 0 aliphatic heterocycles. The molecule has 134 valence electrons. The van der Waals surface area contributed by atoms with Gasteiger partial charge in [-0.25, -0.2) is 9.97 Å². The SMILES string of the molecule is COCCNc1ccc2cnc(Nc3ccc(C=N)c(N)c3)nc2c1C. The molecule has 0 saturated heterocycles. The summed E-state index contributed by atoms with van der Waals surface area (Å²) in [5, 5.41) is 14.8. The van der Waals surface area contributed by atoms with E-state index in [1.54, 1.807) is 25.4 Å². The van der Waals surface area contributed by atoms with Crippen LogP contribution in [0.2, 0.25) is 0 Å². The third-order valence-electron chi connectivity index (χ3n) is 4.13. The molecule has 1 aromatic heterocycles. The Hall–Kier alpha value is -3.19. The average molecular weight is 350 g/mol. The molecule has 0 aliphatic rings. The molecule has 1 heterocycles. The Morgan fingerprint density at radius 3 is 2.85 bits per heavy atom. The first kappa shape index (κ1) is 17.6. The van der Waals surface area contributed by atoms with Gasteiger partial charge in [0.15, 0.2) is 0 Å². The predicted molar refractivity (Wildman–Crippen MR) is 107 cm³/mol. The van der Waals surface area contributed by atoms with Crippen LogP contribution in [0.3, 0.4) is 0 Å². The van der Waals surface area contributed by atoms with E-state index in [0.29, 0.717) is 23.8 Å². The van der Waals surface area contributed by atoms with Crippen molar-refractivity contribution in [1.82, 2.24) is 9.97 Å². The highest BCUT2D eigenvalue weighted by Crippen LogP contribution is 2.25. The Bertz CT molecular complexity index is 941. The van der Waals surface area contributed by atoms with Gasteiger partial charge in [0.2, 0.25) is 5.95 Å². The van der Waals surface area contributed by atoms with Crippen LogP contribution in [0.15, 0.2) is 36.5 Å². The number of nitrogens with zero attached hydrogens (tertiary/aromatic N) is 2. The quantitative estimate of drug-likeness (QED) is 0.296. The van der Waals surface area contributed by atoms with E-state index in [1.165, 1.54) is 6.21 Å². The highest BCUT2D eigenvalue weighted by Gasteiger charge is 2.08. The minimum absolute atomic E-state index is 0.497. The van der Waals surface area contributed by atoms with Gasteiger partial charge < -0.3 is 26.5 Å². The lowest BCUT2D eigenvalue weighted by Gasteiger charge is -2.12. The number of aromatic nitrogens is 2. The van der Waals surface area contributed by atoms with Crippen molar-refractivity contribution in [1.29, 1.82) is 5.41 Å². The second-order valence-electron chi connectivity index (χ2n) is 5.90. The Morgan fingerprint density at radius 2 is 2.12 bits per heavy atom. The predicted octanol–water partition coefficient (Wildman–Crippen LogP) is 3.32. The summed E-state index contributed by atoms with van der Waals surface area (Å²) in [4.78, 5) is 9.02. The van der Waals surface area contributed by atoms with Gasteiger partial charge in [-0.3, -0.25) is 0 Å². The average Bonchev–Trinajstić information content (AvgIpc) is 2.64. The van der Waals surface area contributed by atoms with Gasteiger partial charge in [0.1, 0.15) is 0 Å². The number of hydrogen-bond acceptors (Lipinski definition) is 7. The molecule has 26 heavy (non-hydrogen) atoms. The fourth-order valence-electron chi connectivity index (χ4n) is 2.69. The van der Waals surface area contributed by atoms with Gasteiger partial charge in [-0.05, 0) is 42.8 Å². The summed E-state index contributed by atoms with van der Waals surface area (Å²) in [6.45, 7) is 3.41. The van der Waals surface area contributed by atoms with E-state index in [0.717, 1.165) is 34.4 Å². The molecule has 5 N–H and O–H groups in total. The van der Waals surface area contributed by atoms with Gasteiger partial charge in [0.25, 0.3) is 0 Å².